The number of carboxylic acid groups (broad SMARTS) is 2. The average Bonchev–Trinajstić information content (AvgIpc) is 3.52. The van der Waals surface area contributed by atoms with Crippen LogP contribution in [0, 0.1) is 6.92 Å². The third-order valence-corrected chi connectivity index (χ3v) is 6.91. The van der Waals surface area contributed by atoms with Crippen LogP contribution in [0.1, 0.15) is 41.6 Å². The van der Waals surface area contributed by atoms with Crippen molar-refractivity contribution in [3.05, 3.63) is 77.3 Å². The number of rotatable bonds is 8. The highest BCUT2D eigenvalue weighted by Crippen LogP contribution is 2.52. The number of hydrogen-bond acceptors (Lipinski definition) is 4. The highest BCUT2D eigenvalue weighted by atomic mass is 32.1. The SMILES string of the molecule is Cc1cc(-c2cc[n+](C/C=C/C(CS)=C(\C(=O)O)N3C(=O)CCC34CC4)cc2)ccc1C(=O)O. The van der Waals surface area contributed by atoms with Crippen molar-refractivity contribution in [1.29, 1.82) is 0 Å². The molecule has 1 aliphatic heterocycles. The van der Waals surface area contributed by atoms with Gasteiger partial charge in [-0.1, -0.05) is 18.2 Å². The molecular formula is C26H27N2O5S+. The second-order valence-electron chi connectivity index (χ2n) is 8.81. The van der Waals surface area contributed by atoms with E-state index in [4.69, 9.17) is 0 Å². The summed E-state index contributed by atoms with van der Waals surface area (Å²) in [6, 6.07) is 9.15. The third-order valence-electron chi connectivity index (χ3n) is 6.57. The highest BCUT2D eigenvalue weighted by Gasteiger charge is 2.56. The van der Waals surface area contributed by atoms with Crippen LogP contribution in [-0.2, 0) is 16.1 Å². The number of carbonyl (C=O) groups is 3. The van der Waals surface area contributed by atoms with Crippen LogP contribution in [0.4, 0.5) is 0 Å². The number of likely N-dealkylation sites (tertiary alicyclic amines) is 1. The number of pyridine rings is 1. The molecule has 4 rings (SSSR count). The normalized spacial score (nSPS) is 17.4. The Morgan fingerprint density at radius 1 is 1.12 bits per heavy atom. The number of hydrogen-bond donors (Lipinski definition) is 3. The van der Waals surface area contributed by atoms with Gasteiger partial charge >= 0.3 is 11.9 Å². The van der Waals surface area contributed by atoms with E-state index in [1.54, 1.807) is 25.1 Å². The molecule has 1 saturated carbocycles. The molecule has 0 radical (unpaired) electrons. The molecule has 0 bridgehead atoms. The maximum absolute atomic E-state index is 12.5. The molecule has 34 heavy (non-hydrogen) atoms. The van der Waals surface area contributed by atoms with Crippen LogP contribution >= 0.6 is 12.6 Å². The maximum Gasteiger partial charge on any atom is 0.352 e. The Bertz CT molecular complexity index is 1210. The number of nitrogens with zero attached hydrogens (tertiary/aromatic N) is 2. The molecule has 1 amide bonds. The fraction of sp³-hybridized carbons (Fsp3) is 0.308. The second kappa shape index (κ2) is 9.46. The topological polar surface area (TPSA) is 98.8 Å². The van der Waals surface area contributed by atoms with E-state index in [0.29, 0.717) is 30.5 Å². The molecule has 2 N–H and O–H groups in total. The van der Waals surface area contributed by atoms with Crippen LogP contribution in [0.25, 0.3) is 11.1 Å². The molecule has 176 valence electrons. The maximum atomic E-state index is 12.5. The summed E-state index contributed by atoms with van der Waals surface area (Å²) in [6.45, 7) is 2.29. The van der Waals surface area contributed by atoms with E-state index in [1.165, 1.54) is 4.90 Å². The predicted molar refractivity (Wildman–Crippen MR) is 129 cm³/mol. The van der Waals surface area contributed by atoms with E-state index >= 15 is 0 Å². The zero-order valence-corrected chi connectivity index (χ0v) is 19.8. The minimum atomic E-state index is -1.10. The number of benzene rings is 1. The van der Waals surface area contributed by atoms with Crippen molar-refractivity contribution in [2.75, 3.05) is 5.75 Å². The number of aromatic nitrogens is 1. The lowest BCUT2D eigenvalue weighted by atomic mass is 10.0. The van der Waals surface area contributed by atoms with Gasteiger partial charge in [0.05, 0.1) is 5.56 Å². The average molecular weight is 480 g/mol. The molecule has 2 aliphatic rings. The quantitative estimate of drug-likeness (QED) is 0.232. The van der Waals surface area contributed by atoms with Crippen LogP contribution in [0.2, 0.25) is 0 Å². The fourth-order valence-electron chi connectivity index (χ4n) is 4.56. The first kappa shape index (κ1) is 23.8. The molecule has 7 nitrogen and oxygen atoms in total. The first-order chi connectivity index (χ1) is 16.3. The van der Waals surface area contributed by atoms with Gasteiger partial charge in [0, 0.05) is 29.8 Å². The highest BCUT2D eigenvalue weighted by molar-refractivity contribution is 7.80. The molecule has 2 aromatic rings. The van der Waals surface area contributed by atoms with Crippen molar-refractivity contribution < 1.29 is 29.2 Å². The van der Waals surface area contributed by atoms with E-state index in [2.05, 4.69) is 12.6 Å². The number of thiol groups is 1. The lowest BCUT2D eigenvalue weighted by molar-refractivity contribution is -0.686. The van der Waals surface area contributed by atoms with E-state index in [9.17, 15) is 24.6 Å². The van der Waals surface area contributed by atoms with Gasteiger partial charge in [0.25, 0.3) is 0 Å². The summed E-state index contributed by atoms with van der Waals surface area (Å²) < 4.78 is 1.94. The Balaban J connectivity index is 1.51. The number of carbonyl (C=O) groups excluding carboxylic acids is 1. The van der Waals surface area contributed by atoms with Crippen LogP contribution in [-0.4, -0.2) is 44.3 Å². The van der Waals surface area contributed by atoms with Gasteiger partial charge in [-0.05, 0) is 60.6 Å². The summed E-state index contributed by atoms with van der Waals surface area (Å²) in [5, 5.41) is 19.1. The summed E-state index contributed by atoms with van der Waals surface area (Å²) in [5.41, 5.74) is 3.15. The van der Waals surface area contributed by atoms with Gasteiger partial charge in [0.1, 0.15) is 5.70 Å². The molecule has 0 atom stereocenters. The summed E-state index contributed by atoms with van der Waals surface area (Å²) >= 11 is 4.34. The Hall–Kier alpha value is -3.39. The van der Waals surface area contributed by atoms with Gasteiger partial charge in [0.2, 0.25) is 5.91 Å². The Labute approximate surface area is 203 Å². The lowest BCUT2D eigenvalue weighted by Crippen LogP contribution is -2.38. The van der Waals surface area contributed by atoms with Gasteiger partial charge in [0.15, 0.2) is 18.9 Å². The summed E-state index contributed by atoms with van der Waals surface area (Å²) in [5.74, 6) is -1.95. The number of allylic oxidation sites excluding steroid dienone is 2. The van der Waals surface area contributed by atoms with Gasteiger partial charge in [-0.25, -0.2) is 14.2 Å². The number of aliphatic carboxylic acids is 1. The molecule has 1 aromatic carbocycles. The number of amides is 1. The molecular weight excluding hydrogens is 452 g/mol. The minimum absolute atomic E-state index is 0.0479. The molecule has 8 heteroatoms. The lowest BCUT2D eigenvalue weighted by Gasteiger charge is -2.26. The van der Waals surface area contributed by atoms with E-state index < -0.39 is 11.9 Å². The monoisotopic (exact) mass is 479 g/mol. The molecule has 1 aliphatic carbocycles. The third kappa shape index (κ3) is 4.63. The summed E-state index contributed by atoms with van der Waals surface area (Å²) in [4.78, 5) is 37.3. The molecule has 1 saturated heterocycles. The van der Waals surface area contributed by atoms with E-state index in [-0.39, 0.29) is 28.5 Å². The fourth-order valence-corrected chi connectivity index (χ4v) is 4.82. The van der Waals surface area contributed by atoms with Crippen LogP contribution < -0.4 is 4.57 Å². The van der Waals surface area contributed by atoms with Crippen molar-refractivity contribution in [2.45, 2.75) is 44.7 Å². The minimum Gasteiger partial charge on any atom is -0.478 e. The molecule has 2 fully saturated rings. The van der Waals surface area contributed by atoms with Crippen molar-refractivity contribution in [2.24, 2.45) is 0 Å². The van der Waals surface area contributed by atoms with E-state index in [1.807, 2.05) is 41.2 Å². The van der Waals surface area contributed by atoms with Gasteiger partial charge in [-0.3, -0.25) is 9.69 Å². The van der Waals surface area contributed by atoms with Crippen molar-refractivity contribution in [1.82, 2.24) is 4.90 Å². The Kier molecular flexibility index (Phi) is 6.61. The first-order valence-corrected chi connectivity index (χ1v) is 11.8. The predicted octanol–water partition coefficient (Wildman–Crippen LogP) is 3.63. The molecule has 2 heterocycles. The zero-order chi connectivity index (χ0) is 24.5. The number of aromatic carboxylic acids is 1. The second-order valence-corrected chi connectivity index (χ2v) is 9.13. The van der Waals surface area contributed by atoms with Gasteiger partial charge in [-0.2, -0.15) is 12.6 Å². The van der Waals surface area contributed by atoms with Gasteiger partial charge in [-0.15, -0.1) is 0 Å². The largest absolute Gasteiger partial charge is 0.478 e. The van der Waals surface area contributed by atoms with E-state index in [0.717, 1.165) is 24.0 Å². The summed E-state index contributed by atoms with van der Waals surface area (Å²) in [6.07, 6.45) is 10.2. The van der Waals surface area contributed by atoms with Crippen molar-refractivity contribution in [3.63, 3.8) is 0 Å². The first-order valence-electron chi connectivity index (χ1n) is 11.2. The molecule has 0 unspecified atom stereocenters. The molecule has 1 aromatic heterocycles. The Morgan fingerprint density at radius 3 is 2.38 bits per heavy atom. The molecule has 1 spiro atoms. The smallest absolute Gasteiger partial charge is 0.352 e. The standard InChI is InChI=1S/C26H26N2O5S/c1-17-15-19(4-5-21(17)24(30)31)18-7-13-27(14-8-18)12-2-3-20(16-34)23(25(32)33)28-22(29)6-9-26(28)10-11-26/h2-5,7-8,13-15H,6,9-12,16H2,1H3,(H2-,30,31,32,33,34)/p+1/b3-2+,23-20-. The number of carboxylic acids is 2. The summed E-state index contributed by atoms with van der Waals surface area (Å²) in [7, 11) is 0. The van der Waals surface area contributed by atoms with Crippen LogP contribution in [0.15, 0.2) is 66.1 Å². The zero-order valence-electron chi connectivity index (χ0n) is 18.9. The van der Waals surface area contributed by atoms with Crippen LogP contribution in [0.3, 0.4) is 0 Å². The van der Waals surface area contributed by atoms with Gasteiger partial charge < -0.3 is 10.2 Å². The van der Waals surface area contributed by atoms with Crippen LogP contribution in [0.5, 0.6) is 0 Å². The number of aryl methyl sites for hydroxylation is 1. The Morgan fingerprint density at radius 2 is 1.82 bits per heavy atom. The van der Waals surface area contributed by atoms with Crippen molar-refractivity contribution >= 4 is 30.5 Å². The van der Waals surface area contributed by atoms with Crippen molar-refractivity contribution in [3.8, 4) is 11.1 Å².